The first-order valence-electron chi connectivity index (χ1n) is 9.18. The number of amides is 1. The molecule has 1 saturated heterocycles. The molecule has 0 unspecified atom stereocenters. The fourth-order valence-corrected chi connectivity index (χ4v) is 4.41. The van der Waals surface area contributed by atoms with Crippen LogP contribution in [0.1, 0.15) is 62.6 Å². The molecule has 0 bridgehead atoms. The van der Waals surface area contributed by atoms with Crippen molar-refractivity contribution >= 4 is 5.91 Å². The molecule has 2 fully saturated rings. The molecule has 1 amide bonds. The molecule has 1 aromatic heterocycles. The minimum absolute atomic E-state index is 0.146. The van der Waals surface area contributed by atoms with Crippen molar-refractivity contribution in [2.24, 2.45) is 5.92 Å². The summed E-state index contributed by atoms with van der Waals surface area (Å²) in [5, 5.41) is 0. The van der Waals surface area contributed by atoms with E-state index in [2.05, 4.69) is 14.9 Å². The van der Waals surface area contributed by atoms with Crippen molar-refractivity contribution in [3.63, 3.8) is 0 Å². The molecule has 6 nitrogen and oxygen atoms in total. The Labute approximate surface area is 141 Å². The van der Waals surface area contributed by atoms with E-state index in [-0.39, 0.29) is 11.5 Å². The number of H-pyrrole nitrogens is 2. The summed E-state index contributed by atoms with van der Waals surface area (Å²) in [6, 6.07) is 0.396. The van der Waals surface area contributed by atoms with Crippen molar-refractivity contribution in [3.8, 4) is 0 Å². The van der Waals surface area contributed by atoms with Gasteiger partial charge in [-0.1, -0.05) is 19.3 Å². The predicted octanol–water partition coefficient (Wildman–Crippen LogP) is 1.88. The quantitative estimate of drug-likeness (QED) is 0.882. The second kappa shape index (κ2) is 7.36. The van der Waals surface area contributed by atoms with Gasteiger partial charge in [0.2, 0.25) is 5.91 Å². The average Bonchev–Trinajstić information content (AvgIpc) is 3.04. The van der Waals surface area contributed by atoms with E-state index in [4.69, 9.17) is 0 Å². The van der Waals surface area contributed by atoms with E-state index in [1.807, 2.05) is 0 Å². The number of nitrogens with one attached hydrogen (secondary N) is 2. The topological polar surface area (TPSA) is 86.0 Å². The molecule has 6 heteroatoms. The highest BCUT2D eigenvalue weighted by Gasteiger charge is 2.34. The summed E-state index contributed by atoms with van der Waals surface area (Å²) in [5.41, 5.74) is 0.192. The van der Waals surface area contributed by atoms with Crippen LogP contribution in [0.25, 0.3) is 0 Å². The molecule has 132 valence electrons. The van der Waals surface area contributed by atoms with Crippen LogP contribution in [0.3, 0.4) is 0 Å². The van der Waals surface area contributed by atoms with Gasteiger partial charge in [-0.25, -0.2) is 4.79 Å². The van der Waals surface area contributed by atoms with Crippen molar-refractivity contribution in [1.82, 2.24) is 14.9 Å². The molecule has 0 spiro atoms. The zero-order valence-electron chi connectivity index (χ0n) is 14.4. The van der Waals surface area contributed by atoms with Gasteiger partial charge in [-0.15, -0.1) is 0 Å². The highest BCUT2D eigenvalue weighted by atomic mass is 16.2. The van der Waals surface area contributed by atoms with Crippen molar-refractivity contribution in [3.05, 3.63) is 32.1 Å². The maximum atomic E-state index is 12.7. The van der Waals surface area contributed by atoms with Crippen LogP contribution in [0.15, 0.2) is 9.59 Å². The highest BCUT2D eigenvalue weighted by Crippen LogP contribution is 2.34. The minimum Gasteiger partial charge on any atom is -0.339 e. The van der Waals surface area contributed by atoms with Gasteiger partial charge >= 0.3 is 5.69 Å². The van der Waals surface area contributed by atoms with E-state index in [0.717, 1.165) is 19.4 Å². The van der Waals surface area contributed by atoms with E-state index in [0.29, 0.717) is 36.1 Å². The molecular formula is C18H27N3O3. The Hall–Kier alpha value is -1.85. The number of carbonyl (C=O) groups excluding carboxylic acids is 1. The third kappa shape index (κ3) is 3.62. The molecule has 1 aromatic rings. The molecule has 0 radical (unpaired) electrons. The van der Waals surface area contributed by atoms with Crippen LogP contribution in [-0.2, 0) is 11.2 Å². The number of aromatic amines is 2. The maximum Gasteiger partial charge on any atom is 0.325 e. The van der Waals surface area contributed by atoms with Gasteiger partial charge in [0, 0.05) is 30.3 Å². The van der Waals surface area contributed by atoms with E-state index >= 15 is 0 Å². The fraction of sp³-hybridized carbons (Fsp3) is 0.722. The number of aromatic nitrogens is 2. The van der Waals surface area contributed by atoms with E-state index < -0.39 is 5.69 Å². The molecule has 1 aliphatic heterocycles. The molecule has 1 atom stereocenters. The smallest absolute Gasteiger partial charge is 0.325 e. The van der Waals surface area contributed by atoms with E-state index in [1.54, 1.807) is 6.92 Å². The lowest BCUT2D eigenvalue weighted by molar-refractivity contribution is -0.133. The van der Waals surface area contributed by atoms with Crippen LogP contribution in [0.4, 0.5) is 0 Å². The number of aryl methyl sites for hydroxylation is 1. The summed E-state index contributed by atoms with van der Waals surface area (Å²) in [6.45, 7) is 2.55. The Bertz CT molecular complexity index is 700. The normalized spacial score (nSPS) is 22.0. The molecule has 2 N–H and O–H groups in total. The van der Waals surface area contributed by atoms with Gasteiger partial charge in [0.1, 0.15) is 0 Å². The summed E-state index contributed by atoms with van der Waals surface area (Å²) >= 11 is 0. The van der Waals surface area contributed by atoms with Crippen LogP contribution in [0.2, 0.25) is 0 Å². The van der Waals surface area contributed by atoms with Gasteiger partial charge in [-0.3, -0.25) is 14.6 Å². The Morgan fingerprint density at radius 1 is 1.08 bits per heavy atom. The lowest BCUT2D eigenvalue weighted by atomic mass is 9.83. The van der Waals surface area contributed by atoms with Gasteiger partial charge in [0.25, 0.3) is 5.56 Å². The standard InChI is InChI=1S/C18H27N3O3/c1-12-14(17(23)20-18(24)19-12)9-10-16(22)21-11-5-8-15(21)13-6-3-2-4-7-13/h13,15H,2-11H2,1H3,(H2,19,20,23,24)/t15-/m1/s1. The molecule has 1 saturated carbocycles. The Kier molecular flexibility index (Phi) is 5.21. The first kappa shape index (κ1) is 17.0. The SMILES string of the molecule is Cc1[nH]c(=O)[nH]c(=O)c1CCC(=O)N1CCC[C@@H]1C1CCCCC1. The number of rotatable bonds is 4. The largest absolute Gasteiger partial charge is 0.339 e. The Balaban J connectivity index is 1.64. The first-order chi connectivity index (χ1) is 11.6. The summed E-state index contributed by atoms with van der Waals surface area (Å²) in [5.74, 6) is 0.802. The maximum absolute atomic E-state index is 12.7. The summed E-state index contributed by atoms with van der Waals surface area (Å²) in [7, 11) is 0. The van der Waals surface area contributed by atoms with Gasteiger partial charge in [0.15, 0.2) is 0 Å². The molecule has 2 heterocycles. The van der Waals surface area contributed by atoms with Gasteiger partial charge in [0.05, 0.1) is 0 Å². The second-order valence-electron chi connectivity index (χ2n) is 7.21. The zero-order valence-corrected chi connectivity index (χ0v) is 14.4. The van der Waals surface area contributed by atoms with Gasteiger partial charge in [-0.2, -0.15) is 0 Å². The average molecular weight is 333 g/mol. The summed E-state index contributed by atoms with van der Waals surface area (Å²) in [6.07, 6.45) is 9.31. The van der Waals surface area contributed by atoms with E-state index in [9.17, 15) is 14.4 Å². The number of nitrogens with zero attached hydrogens (tertiary/aromatic N) is 1. The molecule has 2 aliphatic rings. The van der Waals surface area contributed by atoms with Crippen LogP contribution in [-0.4, -0.2) is 33.4 Å². The Morgan fingerprint density at radius 2 is 1.83 bits per heavy atom. The Morgan fingerprint density at radius 3 is 2.54 bits per heavy atom. The lowest BCUT2D eigenvalue weighted by Gasteiger charge is -2.34. The van der Waals surface area contributed by atoms with Crippen molar-refractivity contribution in [1.29, 1.82) is 0 Å². The van der Waals surface area contributed by atoms with Gasteiger partial charge < -0.3 is 9.88 Å². The van der Waals surface area contributed by atoms with Crippen LogP contribution in [0, 0.1) is 12.8 Å². The zero-order chi connectivity index (χ0) is 17.1. The van der Waals surface area contributed by atoms with Gasteiger partial charge in [-0.05, 0) is 44.9 Å². The minimum atomic E-state index is -0.496. The fourth-order valence-electron chi connectivity index (χ4n) is 4.41. The number of likely N-dealkylation sites (tertiary alicyclic amines) is 1. The van der Waals surface area contributed by atoms with E-state index in [1.165, 1.54) is 32.1 Å². The molecule has 0 aromatic carbocycles. The third-order valence-electron chi connectivity index (χ3n) is 5.66. The van der Waals surface area contributed by atoms with Crippen molar-refractivity contribution in [2.45, 2.75) is 70.8 Å². The number of hydrogen-bond acceptors (Lipinski definition) is 3. The predicted molar refractivity (Wildman–Crippen MR) is 92.1 cm³/mol. The number of carbonyl (C=O) groups is 1. The number of hydrogen-bond donors (Lipinski definition) is 2. The van der Waals surface area contributed by atoms with Crippen LogP contribution >= 0.6 is 0 Å². The second-order valence-corrected chi connectivity index (χ2v) is 7.21. The van der Waals surface area contributed by atoms with Crippen LogP contribution < -0.4 is 11.2 Å². The lowest BCUT2D eigenvalue weighted by Crippen LogP contribution is -2.41. The molecular weight excluding hydrogens is 306 g/mol. The first-order valence-corrected chi connectivity index (χ1v) is 9.18. The summed E-state index contributed by atoms with van der Waals surface area (Å²) < 4.78 is 0. The van der Waals surface area contributed by atoms with Crippen LogP contribution in [0.5, 0.6) is 0 Å². The molecule has 1 aliphatic carbocycles. The monoisotopic (exact) mass is 333 g/mol. The molecule has 3 rings (SSSR count). The summed E-state index contributed by atoms with van der Waals surface area (Å²) in [4.78, 5) is 42.8. The highest BCUT2D eigenvalue weighted by molar-refractivity contribution is 5.77. The third-order valence-corrected chi connectivity index (χ3v) is 5.66. The van der Waals surface area contributed by atoms with Crippen molar-refractivity contribution in [2.75, 3.05) is 6.54 Å². The molecule has 24 heavy (non-hydrogen) atoms. The van der Waals surface area contributed by atoms with Crippen molar-refractivity contribution < 1.29 is 4.79 Å².